The van der Waals surface area contributed by atoms with Crippen molar-refractivity contribution in [2.24, 2.45) is 0 Å². The van der Waals surface area contributed by atoms with Gasteiger partial charge in [-0.25, -0.2) is 4.57 Å². The Morgan fingerprint density at radius 1 is 0.544 bits per heavy atom. The van der Waals surface area contributed by atoms with Gasteiger partial charge in [0, 0.05) is 12.8 Å². The summed E-state index contributed by atoms with van der Waals surface area (Å²) >= 11 is 0. The second kappa shape index (κ2) is 41.3. The summed E-state index contributed by atoms with van der Waals surface area (Å²) < 4.78 is 32.6. The van der Waals surface area contributed by atoms with Gasteiger partial charge in [0.25, 0.3) is 0 Å². The van der Waals surface area contributed by atoms with Crippen LogP contribution in [0.4, 0.5) is 0 Å². The molecule has 0 aromatic carbocycles. The molecular formula is C46H77O10P. The summed E-state index contributed by atoms with van der Waals surface area (Å²) in [5.74, 6) is -1.05. The molecule has 0 saturated carbocycles. The molecule has 1 unspecified atom stereocenters. The number of rotatable bonds is 39. The minimum atomic E-state index is -4.65. The molecule has 3 N–H and O–H groups in total. The molecule has 0 spiro atoms. The van der Waals surface area contributed by atoms with Crippen molar-refractivity contribution in [1.82, 2.24) is 0 Å². The van der Waals surface area contributed by atoms with Gasteiger partial charge in [0.2, 0.25) is 0 Å². The maximum Gasteiger partial charge on any atom is 0.472 e. The van der Waals surface area contributed by atoms with Crippen LogP contribution in [0.5, 0.6) is 0 Å². The van der Waals surface area contributed by atoms with Crippen LogP contribution in [-0.4, -0.2) is 65.7 Å². The first-order valence-electron chi connectivity index (χ1n) is 21.5. The van der Waals surface area contributed by atoms with E-state index in [1.807, 2.05) is 18.2 Å². The van der Waals surface area contributed by atoms with Crippen molar-refractivity contribution in [3.8, 4) is 0 Å². The number of aliphatic hydroxyl groups excluding tert-OH is 2. The van der Waals surface area contributed by atoms with Crippen molar-refractivity contribution >= 4 is 19.8 Å². The molecule has 0 aliphatic heterocycles. The van der Waals surface area contributed by atoms with Crippen molar-refractivity contribution in [2.45, 2.75) is 167 Å². The van der Waals surface area contributed by atoms with E-state index in [1.54, 1.807) is 0 Å². The molecule has 0 aromatic heterocycles. The number of esters is 2. The van der Waals surface area contributed by atoms with E-state index in [0.29, 0.717) is 25.7 Å². The van der Waals surface area contributed by atoms with Gasteiger partial charge in [0.1, 0.15) is 12.7 Å². The van der Waals surface area contributed by atoms with E-state index >= 15 is 0 Å². The summed E-state index contributed by atoms with van der Waals surface area (Å²) in [7, 11) is -4.65. The Kier molecular flexibility index (Phi) is 39.2. The quantitative estimate of drug-likeness (QED) is 0.0237. The van der Waals surface area contributed by atoms with Crippen molar-refractivity contribution < 1.29 is 47.8 Å². The zero-order valence-corrected chi connectivity index (χ0v) is 36.2. The third kappa shape index (κ3) is 41.1. The van der Waals surface area contributed by atoms with Crippen LogP contribution >= 0.6 is 7.82 Å². The van der Waals surface area contributed by atoms with Crippen molar-refractivity contribution in [1.29, 1.82) is 0 Å². The number of unbranched alkanes of at least 4 members (excludes halogenated alkanes) is 11. The highest BCUT2D eigenvalue weighted by Gasteiger charge is 2.27. The molecule has 0 aliphatic carbocycles. The van der Waals surface area contributed by atoms with Crippen LogP contribution in [0.3, 0.4) is 0 Å². The third-order valence-corrected chi connectivity index (χ3v) is 9.48. The molecule has 0 saturated heterocycles. The Bertz CT molecular complexity index is 1220. The minimum absolute atomic E-state index is 0.0928. The zero-order chi connectivity index (χ0) is 41.9. The standard InChI is InChI=1S/C46H77O10P/c1-3-5-7-9-11-13-15-17-19-21-23-25-27-29-31-33-35-37-45(49)53-41-44(42-55-57(51,52)54-40-43(48)39-47)56-46(50)38-36-34-32-30-28-26-24-22-20-18-16-14-12-10-8-6-4-2/h6,8,12,14,18,20,23-26,29-32,43-44,47-48H,3-5,7,9-11,13,15-17,19,21-22,27-28,33-42H2,1-2H3,(H,51,52)/b8-6+,14-12+,20-18+,25-23+,26-24+,31-29+,32-30+/t43-,44+/m0/s1. The van der Waals surface area contributed by atoms with E-state index in [-0.39, 0.29) is 19.4 Å². The number of aliphatic hydroxyl groups is 2. The molecule has 3 atom stereocenters. The van der Waals surface area contributed by atoms with Crippen LogP contribution in [-0.2, 0) is 32.7 Å². The number of hydrogen-bond acceptors (Lipinski definition) is 9. The van der Waals surface area contributed by atoms with Gasteiger partial charge in [-0.3, -0.25) is 18.6 Å². The number of allylic oxidation sites excluding steroid dienone is 14. The largest absolute Gasteiger partial charge is 0.472 e. The van der Waals surface area contributed by atoms with Crippen LogP contribution < -0.4 is 0 Å². The van der Waals surface area contributed by atoms with E-state index in [2.05, 4.69) is 85.2 Å². The summed E-state index contributed by atoms with van der Waals surface area (Å²) in [6, 6.07) is 0. The zero-order valence-electron chi connectivity index (χ0n) is 35.3. The fraction of sp³-hybridized carbons (Fsp3) is 0.652. The number of phosphoric ester groups is 1. The first-order chi connectivity index (χ1) is 27.7. The first kappa shape index (κ1) is 54.2. The Hall–Kier alpha value is -2.85. The number of phosphoric acid groups is 1. The lowest BCUT2D eigenvalue weighted by atomic mass is 10.1. The van der Waals surface area contributed by atoms with Crippen molar-refractivity contribution in [3.05, 3.63) is 85.1 Å². The second-order valence-electron chi connectivity index (χ2n) is 14.0. The normalized spacial score (nSPS) is 14.7. The Balaban J connectivity index is 4.48. The van der Waals surface area contributed by atoms with Crippen LogP contribution in [0, 0.1) is 0 Å². The fourth-order valence-electron chi connectivity index (χ4n) is 5.24. The maximum atomic E-state index is 12.6. The van der Waals surface area contributed by atoms with Gasteiger partial charge in [-0.15, -0.1) is 0 Å². The molecule has 0 rings (SSSR count). The molecule has 326 valence electrons. The summed E-state index contributed by atoms with van der Waals surface area (Å²) in [6.07, 6.45) is 48.5. The average molecular weight is 821 g/mol. The van der Waals surface area contributed by atoms with E-state index in [1.165, 1.54) is 57.8 Å². The lowest BCUT2D eigenvalue weighted by Crippen LogP contribution is -2.29. The molecule has 10 nitrogen and oxygen atoms in total. The molecule has 57 heavy (non-hydrogen) atoms. The van der Waals surface area contributed by atoms with E-state index in [0.717, 1.165) is 44.9 Å². The van der Waals surface area contributed by atoms with Gasteiger partial charge in [0.15, 0.2) is 6.10 Å². The Morgan fingerprint density at radius 3 is 1.46 bits per heavy atom. The van der Waals surface area contributed by atoms with Gasteiger partial charge >= 0.3 is 19.8 Å². The highest BCUT2D eigenvalue weighted by atomic mass is 31.2. The van der Waals surface area contributed by atoms with Crippen molar-refractivity contribution in [3.63, 3.8) is 0 Å². The van der Waals surface area contributed by atoms with E-state index < -0.39 is 51.8 Å². The molecule has 0 aliphatic rings. The average Bonchev–Trinajstić information content (AvgIpc) is 3.20. The third-order valence-electron chi connectivity index (χ3n) is 8.53. The predicted molar refractivity (Wildman–Crippen MR) is 233 cm³/mol. The number of ether oxygens (including phenoxy) is 2. The predicted octanol–water partition coefficient (Wildman–Crippen LogP) is 11.4. The van der Waals surface area contributed by atoms with Crippen LogP contribution in [0.25, 0.3) is 0 Å². The summed E-state index contributed by atoms with van der Waals surface area (Å²) in [6.45, 7) is 2.14. The lowest BCUT2D eigenvalue weighted by molar-refractivity contribution is -0.161. The maximum absolute atomic E-state index is 12.6. The molecule has 0 radical (unpaired) electrons. The topological polar surface area (TPSA) is 149 Å². The molecule has 0 amide bonds. The van der Waals surface area contributed by atoms with E-state index in [9.17, 15) is 24.2 Å². The number of carbonyl (C=O) groups is 2. The molecule has 11 heteroatoms. The fourth-order valence-corrected chi connectivity index (χ4v) is 6.03. The monoisotopic (exact) mass is 821 g/mol. The lowest BCUT2D eigenvalue weighted by Gasteiger charge is -2.20. The van der Waals surface area contributed by atoms with Gasteiger partial charge in [-0.1, -0.05) is 150 Å². The van der Waals surface area contributed by atoms with Crippen molar-refractivity contribution in [2.75, 3.05) is 26.4 Å². The Morgan fingerprint density at radius 2 is 0.965 bits per heavy atom. The minimum Gasteiger partial charge on any atom is -0.462 e. The molecular weight excluding hydrogens is 743 g/mol. The smallest absolute Gasteiger partial charge is 0.462 e. The number of carbonyl (C=O) groups excluding carboxylic acids is 2. The molecule has 0 heterocycles. The van der Waals surface area contributed by atoms with Crippen LogP contribution in [0.2, 0.25) is 0 Å². The Labute approximate surface area is 345 Å². The van der Waals surface area contributed by atoms with Crippen LogP contribution in [0.15, 0.2) is 85.1 Å². The number of hydrogen-bond donors (Lipinski definition) is 3. The summed E-state index contributed by atoms with van der Waals surface area (Å²) in [5, 5.41) is 18.3. The van der Waals surface area contributed by atoms with Gasteiger partial charge in [-0.05, 0) is 77.0 Å². The summed E-state index contributed by atoms with van der Waals surface area (Å²) in [5.41, 5.74) is 0. The molecule has 0 aromatic rings. The van der Waals surface area contributed by atoms with Gasteiger partial charge in [0.05, 0.1) is 19.8 Å². The molecule has 0 fully saturated rings. The van der Waals surface area contributed by atoms with Crippen LogP contribution in [0.1, 0.15) is 155 Å². The van der Waals surface area contributed by atoms with Gasteiger partial charge < -0.3 is 24.6 Å². The highest BCUT2D eigenvalue weighted by molar-refractivity contribution is 7.47. The molecule has 0 bridgehead atoms. The van der Waals surface area contributed by atoms with E-state index in [4.69, 9.17) is 19.1 Å². The SMILES string of the molecule is CC/C=C/C/C=C/C/C=C/C/C=C/C/C=C/CCCC(=O)O[C@H](COC(=O)CCC/C=C/C/C=C/CCCCCCCCCCC)COP(=O)(O)OC[C@@H](O)CO. The first-order valence-corrected chi connectivity index (χ1v) is 23.0. The van der Waals surface area contributed by atoms with Gasteiger partial charge in [-0.2, -0.15) is 0 Å². The summed E-state index contributed by atoms with van der Waals surface area (Å²) in [4.78, 5) is 34.9. The highest BCUT2D eigenvalue weighted by Crippen LogP contribution is 2.43. The second-order valence-corrected chi connectivity index (χ2v) is 15.4.